The lowest BCUT2D eigenvalue weighted by Crippen LogP contribution is -2.31. The van der Waals surface area contributed by atoms with E-state index in [-0.39, 0.29) is 41.7 Å². The second-order valence-corrected chi connectivity index (χ2v) is 5.30. The first-order valence-electron chi connectivity index (χ1n) is 5.95. The van der Waals surface area contributed by atoms with Crippen molar-refractivity contribution in [1.82, 2.24) is 9.88 Å². The number of hydrogen-bond donors (Lipinski definition) is 2. The number of imide groups is 1. The molecule has 1 fully saturated rings. The van der Waals surface area contributed by atoms with Crippen molar-refractivity contribution in [3.8, 4) is 6.07 Å². The quantitative estimate of drug-likeness (QED) is 0.605. The minimum atomic E-state index is -0.156. The predicted octanol–water partition coefficient (Wildman–Crippen LogP) is 0.359. The van der Waals surface area contributed by atoms with Crippen LogP contribution in [0, 0.1) is 11.3 Å². The molecule has 0 radical (unpaired) electrons. The fourth-order valence-electron chi connectivity index (χ4n) is 1.88. The molecule has 0 aromatic carbocycles. The van der Waals surface area contributed by atoms with Crippen LogP contribution in [0.1, 0.15) is 18.4 Å². The highest BCUT2D eigenvalue weighted by atomic mass is 32.2. The molecule has 0 bridgehead atoms. The first kappa shape index (κ1) is 14.1. The average molecular weight is 291 g/mol. The minimum absolute atomic E-state index is 0.156. The standard InChI is InChI=1S/C12H13N5O2S/c13-6-7-8(14)5-9(15)16-12(7)20-4-3-17-10(18)1-2-11(17)19/h5H,1-4H2,(H4,14,15,16). The molecule has 0 spiro atoms. The second-order valence-electron chi connectivity index (χ2n) is 4.22. The lowest BCUT2D eigenvalue weighted by Gasteiger charge is -2.13. The second kappa shape index (κ2) is 5.79. The number of thioether (sulfide) groups is 1. The van der Waals surface area contributed by atoms with E-state index in [1.807, 2.05) is 6.07 Å². The van der Waals surface area contributed by atoms with Gasteiger partial charge in [-0.05, 0) is 0 Å². The molecule has 104 valence electrons. The predicted molar refractivity (Wildman–Crippen MR) is 74.5 cm³/mol. The first-order valence-corrected chi connectivity index (χ1v) is 6.93. The number of amides is 2. The van der Waals surface area contributed by atoms with E-state index < -0.39 is 0 Å². The highest BCUT2D eigenvalue weighted by molar-refractivity contribution is 7.99. The minimum Gasteiger partial charge on any atom is -0.397 e. The molecule has 0 aliphatic carbocycles. The summed E-state index contributed by atoms with van der Waals surface area (Å²) in [6, 6.07) is 3.40. The molecule has 0 atom stereocenters. The molecule has 4 N–H and O–H groups in total. The Labute approximate surface area is 119 Å². The van der Waals surface area contributed by atoms with Gasteiger partial charge in [-0.15, -0.1) is 11.8 Å². The van der Waals surface area contributed by atoms with Gasteiger partial charge in [-0.1, -0.05) is 0 Å². The van der Waals surface area contributed by atoms with E-state index in [1.54, 1.807) is 0 Å². The summed E-state index contributed by atoms with van der Waals surface area (Å²) in [5.41, 5.74) is 11.8. The molecule has 7 nitrogen and oxygen atoms in total. The average Bonchev–Trinajstić information content (AvgIpc) is 2.70. The molecular weight excluding hydrogens is 278 g/mol. The number of nitrogens with zero attached hydrogens (tertiary/aromatic N) is 3. The molecule has 2 rings (SSSR count). The summed E-state index contributed by atoms with van der Waals surface area (Å²) in [6.45, 7) is 0.295. The van der Waals surface area contributed by atoms with E-state index in [2.05, 4.69) is 4.98 Å². The van der Waals surface area contributed by atoms with Crippen molar-refractivity contribution in [1.29, 1.82) is 5.26 Å². The topological polar surface area (TPSA) is 126 Å². The number of nitrogens with two attached hydrogens (primary N) is 2. The van der Waals surface area contributed by atoms with Gasteiger partial charge >= 0.3 is 0 Å². The Kier molecular flexibility index (Phi) is 4.10. The lowest BCUT2D eigenvalue weighted by atomic mass is 10.2. The van der Waals surface area contributed by atoms with E-state index >= 15 is 0 Å². The molecule has 0 unspecified atom stereocenters. The fraction of sp³-hybridized carbons (Fsp3) is 0.333. The molecule has 8 heteroatoms. The molecule has 1 saturated heterocycles. The van der Waals surface area contributed by atoms with Crippen LogP contribution < -0.4 is 11.5 Å². The third-order valence-electron chi connectivity index (χ3n) is 2.86. The molecule has 1 aliphatic heterocycles. The zero-order chi connectivity index (χ0) is 14.7. The SMILES string of the molecule is N#Cc1c(N)cc(N)nc1SCCN1C(=O)CCC1=O. The van der Waals surface area contributed by atoms with Crippen molar-refractivity contribution in [3.05, 3.63) is 11.6 Å². The van der Waals surface area contributed by atoms with Crippen LogP contribution in [-0.2, 0) is 9.59 Å². The Bertz CT molecular complexity index is 595. The molecule has 1 aromatic rings. The van der Waals surface area contributed by atoms with E-state index in [0.29, 0.717) is 17.3 Å². The molecule has 20 heavy (non-hydrogen) atoms. The van der Waals surface area contributed by atoms with Crippen LogP contribution in [0.3, 0.4) is 0 Å². The third kappa shape index (κ3) is 2.83. The van der Waals surface area contributed by atoms with Crippen LogP contribution in [-0.4, -0.2) is 34.0 Å². The van der Waals surface area contributed by atoms with Gasteiger partial charge in [0.25, 0.3) is 0 Å². The third-order valence-corrected chi connectivity index (χ3v) is 3.81. The maximum absolute atomic E-state index is 11.4. The number of hydrogen-bond acceptors (Lipinski definition) is 7. The normalized spacial score (nSPS) is 14.7. The number of anilines is 2. The summed E-state index contributed by atoms with van der Waals surface area (Å²) >= 11 is 1.25. The molecule has 1 aliphatic rings. The Morgan fingerprint density at radius 2 is 2.00 bits per heavy atom. The van der Waals surface area contributed by atoms with Gasteiger partial charge in [0, 0.05) is 31.2 Å². The van der Waals surface area contributed by atoms with Crippen molar-refractivity contribution >= 4 is 35.1 Å². The molecule has 1 aromatic heterocycles. The number of rotatable bonds is 4. The van der Waals surface area contributed by atoms with E-state index in [0.717, 1.165) is 0 Å². The van der Waals surface area contributed by atoms with Crippen LogP contribution in [0.5, 0.6) is 0 Å². The molecular formula is C12H13N5O2S. The highest BCUT2D eigenvalue weighted by Gasteiger charge is 2.28. The van der Waals surface area contributed by atoms with Gasteiger partial charge in [0.2, 0.25) is 11.8 Å². The number of nitrogen functional groups attached to an aromatic ring is 2. The summed E-state index contributed by atoms with van der Waals surface area (Å²) in [7, 11) is 0. The van der Waals surface area contributed by atoms with Gasteiger partial charge in [0.05, 0.1) is 5.69 Å². The summed E-state index contributed by atoms with van der Waals surface area (Å²) in [5.74, 6) is 0.367. The van der Waals surface area contributed by atoms with Crippen LogP contribution in [0.2, 0.25) is 0 Å². The van der Waals surface area contributed by atoms with Crippen molar-refractivity contribution in [2.75, 3.05) is 23.8 Å². The Balaban J connectivity index is 2.03. The largest absolute Gasteiger partial charge is 0.397 e. The number of aromatic nitrogens is 1. The zero-order valence-electron chi connectivity index (χ0n) is 10.6. The lowest BCUT2D eigenvalue weighted by molar-refractivity contribution is -0.137. The van der Waals surface area contributed by atoms with Crippen molar-refractivity contribution in [3.63, 3.8) is 0 Å². The van der Waals surface area contributed by atoms with Crippen molar-refractivity contribution in [2.45, 2.75) is 17.9 Å². The van der Waals surface area contributed by atoms with Gasteiger partial charge in [0.1, 0.15) is 22.5 Å². The van der Waals surface area contributed by atoms with E-state index in [4.69, 9.17) is 16.7 Å². The first-order chi connectivity index (χ1) is 9.52. The van der Waals surface area contributed by atoms with Crippen LogP contribution in [0.25, 0.3) is 0 Å². The monoisotopic (exact) mass is 291 g/mol. The number of carbonyl (C=O) groups excluding carboxylic acids is 2. The number of carbonyl (C=O) groups is 2. The van der Waals surface area contributed by atoms with Gasteiger partial charge < -0.3 is 11.5 Å². The Hall–Kier alpha value is -2.27. The van der Waals surface area contributed by atoms with Gasteiger partial charge in [0.15, 0.2) is 0 Å². The molecule has 2 heterocycles. The zero-order valence-corrected chi connectivity index (χ0v) is 11.4. The smallest absolute Gasteiger partial charge is 0.229 e. The van der Waals surface area contributed by atoms with Crippen LogP contribution in [0.4, 0.5) is 11.5 Å². The van der Waals surface area contributed by atoms with E-state index in [9.17, 15) is 9.59 Å². The number of nitriles is 1. The summed E-state index contributed by atoms with van der Waals surface area (Å²) in [4.78, 5) is 28.2. The number of pyridine rings is 1. The summed E-state index contributed by atoms with van der Waals surface area (Å²) in [6.07, 6.45) is 0.548. The Morgan fingerprint density at radius 1 is 1.35 bits per heavy atom. The summed E-state index contributed by atoms with van der Waals surface area (Å²) < 4.78 is 0. The van der Waals surface area contributed by atoms with Crippen LogP contribution in [0.15, 0.2) is 11.1 Å². The Morgan fingerprint density at radius 3 is 2.60 bits per heavy atom. The fourth-order valence-corrected chi connectivity index (χ4v) is 2.83. The maximum Gasteiger partial charge on any atom is 0.229 e. The van der Waals surface area contributed by atoms with Crippen LogP contribution >= 0.6 is 11.8 Å². The van der Waals surface area contributed by atoms with Gasteiger partial charge in [-0.25, -0.2) is 4.98 Å². The van der Waals surface area contributed by atoms with Gasteiger partial charge in [-0.2, -0.15) is 5.26 Å². The van der Waals surface area contributed by atoms with Crippen molar-refractivity contribution in [2.24, 2.45) is 0 Å². The van der Waals surface area contributed by atoms with Gasteiger partial charge in [-0.3, -0.25) is 14.5 Å². The number of likely N-dealkylation sites (tertiary alicyclic amines) is 1. The van der Waals surface area contributed by atoms with Crippen molar-refractivity contribution < 1.29 is 9.59 Å². The maximum atomic E-state index is 11.4. The molecule has 2 amide bonds. The van der Waals surface area contributed by atoms with E-state index in [1.165, 1.54) is 22.7 Å². The highest BCUT2D eigenvalue weighted by Crippen LogP contribution is 2.26. The summed E-state index contributed by atoms with van der Waals surface area (Å²) in [5, 5.41) is 9.46. The molecule has 0 saturated carbocycles.